The van der Waals surface area contributed by atoms with Gasteiger partial charge < -0.3 is 9.47 Å². The molecule has 0 aliphatic rings. The van der Waals surface area contributed by atoms with Crippen molar-refractivity contribution in [1.82, 2.24) is 14.8 Å². The summed E-state index contributed by atoms with van der Waals surface area (Å²) in [6, 6.07) is 18.1. The predicted molar refractivity (Wildman–Crippen MR) is 126 cm³/mol. The number of non-ortho nitro benzene ring substituents is 1. The summed E-state index contributed by atoms with van der Waals surface area (Å²) in [5.74, 6) is 2.11. The molecule has 0 saturated heterocycles. The van der Waals surface area contributed by atoms with Crippen molar-refractivity contribution < 1.29 is 18.8 Å². The molecule has 0 amide bonds. The lowest BCUT2D eigenvalue weighted by Gasteiger charge is -2.12. The van der Waals surface area contributed by atoms with E-state index in [1.165, 1.54) is 36.0 Å². The number of nitro benzene ring substituents is 1. The number of rotatable bonds is 9. The highest BCUT2D eigenvalue weighted by atomic mass is 32.2. The van der Waals surface area contributed by atoms with E-state index < -0.39 is 4.92 Å². The monoisotopic (exact) mass is 480 g/mol. The quantitative estimate of drug-likeness (QED) is 0.184. The SMILES string of the molecule is COc1ccc(Cc2nnc(SCc3ccc([N+](=O)[O-])cc3)n2-c2ccc(F)cc2)cc1OC. The van der Waals surface area contributed by atoms with Crippen LogP contribution >= 0.6 is 11.8 Å². The third-order valence-electron chi connectivity index (χ3n) is 5.11. The number of thioether (sulfide) groups is 1. The molecular formula is C24H21FN4O4S. The van der Waals surface area contributed by atoms with Crippen LogP contribution in [0.4, 0.5) is 10.1 Å². The first-order chi connectivity index (χ1) is 16.5. The van der Waals surface area contributed by atoms with E-state index in [0.29, 0.717) is 34.7 Å². The molecular weight excluding hydrogens is 459 g/mol. The van der Waals surface area contributed by atoms with Crippen LogP contribution in [0.5, 0.6) is 11.5 Å². The fourth-order valence-electron chi connectivity index (χ4n) is 3.39. The molecule has 0 atom stereocenters. The van der Waals surface area contributed by atoms with Gasteiger partial charge in [-0.3, -0.25) is 14.7 Å². The van der Waals surface area contributed by atoms with Crippen molar-refractivity contribution >= 4 is 17.4 Å². The van der Waals surface area contributed by atoms with Crippen LogP contribution in [0.3, 0.4) is 0 Å². The van der Waals surface area contributed by atoms with Crippen LogP contribution in [0.1, 0.15) is 17.0 Å². The fourth-order valence-corrected chi connectivity index (χ4v) is 4.32. The van der Waals surface area contributed by atoms with E-state index in [1.54, 1.807) is 38.5 Å². The van der Waals surface area contributed by atoms with E-state index in [-0.39, 0.29) is 11.5 Å². The molecule has 4 aromatic rings. The average molecular weight is 481 g/mol. The molecule has 0 bridgehead atoms. The first-order valence-corrected chi connectivity index (χ1v) is 11.2. The maximum Gasteiger partial charge on any atom is 0.269 e. The van der Waals surface area contributed by atoms with Crippen molar-refractivity contribution in [2.24, 2.45) is 0 Å². The molecule has 3 aromatic carbocycles. The summed E-state index contributed by atoms with van der Waals surface area (Å²) in [6.07, 6.45) is 0.461. The molecule has 0 aliphatic heterocycles. The van der Waals surface area contributed by atoms with Crippen molar-refractivity contribution in [3.05, 3.63) is 99.6 Å². The van der Waals surface area contributed by atoms with Crippen LogP contribution in [0.15, 0.2) is 71.9 Å². The lowest BCUT2D eigenvalue weighted by molar-refractivity contribution is -0.384. The van der Waals surface area contributed by atoms with E-state index in [9.17, 15) is 14.5 Å². The van der Waals surface area contributed by atoms with E-state index in [1.807, 2.05) is 22.8 Å². The number of nitrogens with zero attached hydrogens (tertiary/aromatic N) is 4. The third kappa shape index (κ3) is 5.18. The average Bonchev–Trinajstić information content (AvgIpc) is 3.25. The van der Waals surface area contributed by atoms with Gasteiger partial charge in [0.2, 0.25) is 0 Å². The molecule has 10 heteroatoms. The van der Waals surface area contributed by atoms with Gasteiger partial charge in [-0.05, 0) is 47.5 Å². The van der Waals surface area contributed by atoms with Crippen molar-refractivity contribution in [3.8, 4) is 17.2 Å². The molecule has 0 unspecified atom stereocenters. The maximum absolute atomic E-state index is 13.6. The van der Waals surface area contributed by atoms with E-state index in [0.717, 1.165) is 16.8 Å². The number of halogens is 1. The minimum Gasteiger partial charge on any atom is -0.493 e. The van der Waals surface area contributed by atoms with Crippen LogP contribution in [0, 0.1) is 15.9 Å². The normalized spacial score (nSPS) is 10.8. The zero-order valence-corrected chi connectivity index (χ0v) is 19.3. The van der Waals surface area contributed by atoms with Crippen LogP contribution < -0.4 is 9.47 Å². The second-order valence-electron chi connectivity index (χ2n) is 7.29. The highest BCUT2D eigenvalue weighted by Crippen LogP contribution is 2.30. The summed E-state index contributed by atoms with van der Waals surface area (Å²) in [6.45, 7) is 0. The Balaban J connectivity index is 1.63. The topological polar surface area (TPSA) is 92.3 Å². The molecule has 1 heterocycles. The number of benzene rings is 3. The van der Waals surface area contributed by atoms with Gasteiger partial charge in [0.05, 0.1) is 19.1 Å². The molecule has 8 nitrogen and oxygen atoms in total. The van der Waals surface area contributed by atoms with Gasteiger partial charge in [-0.2, -0.15) is 0 Å². The van der Waals surface area contributed by atoms with Gasteiger partial charge in [-0.15, -0.1) is 10.2 Å². The molecule has 0 spiro atoms. The Labute approximate surface area is 199 Å². The molecule has 1 aromatic heterocycles. The van der Waals surface area contributed by atoms with Gasteiger partial charge in [0.25, 0.3) is 5.69 Å². The van der Waals surface area contributed by atoms with E-state index in [2.05, 4.69) is 10.2 Å². The van der Waals surface area contributed by atoms with Gasteiger partial charge in [0.15, 0.2) is 16.7 Å². The molecule has 0 radical (unpaired) electrons. The summed E-state index contributed by atoms with van der Waals surface area (Å²) >= 11 is 1.44. The van der Waals surface area contributed by atoms with Crippen LogP contribution in [0.2, 0.25) is 0 Å². The number of methoxy groups -OCH3 is 2. The fraction of sp³-hybridized carbons (Fsp3) is 0.167. The van der Waals surface area contributed by atoms with Gasteiger partial charge in [0, 0.05) is 30.0 Å². The summed E-state index contributed by atoms with van der Waals surface area (Å²) < 4.78 is 26.2. The lowest BCUT2D eigenvalue weighted by Crippen LogP contribution is -2.04. The summed E-state index contributed by atoms with van der Waals surface area (Å²) in [4.78, 5) is 10.5. The second-order valence-corrected chi connectivity index (χ2v) is 8.23. The number of hydrogen-bond donors (Lipinski definition) is 0. The van der Waals surface area contributed by atoms with Crippen molar-refractivity contribution in [3.63, 3.8) is 0 Å². The van der Waals surface area contributed by atoms with Crippen molar-refractivity contribution in [2.75, 3.05) is 14.2 Å². The minimum atomic E-state index is -0.428. The summed E-state index contributed by atoms with van der Waals surface area (Å²) in [5.41, 5.74) is 2.62. The van der Waals surface area contributed by atoms with Gasteiger partial charge in [-0.1, -0.05) is 30.0 Å². The summed E-state index contributed by atoms with van der Waals surface area (Å²) in [7, 11) is 3.16. The molecule has 0 N–H and O–H groups in total. The number of aromatic nitrogens is 3. The van der Waals surface area contributed by atoms with Crippen molar-refractivity contribution in [1.29, 1.82) is 0 Å². The Hall–Kier alpha value is -3.92. The van der Waals surface area contributed by atoms with Crippen LogP contribution in [-0.4, -0.2) is 33.9 Å². The number of nitro groups is 1. The molecule has 0 aliphatic carbocycles. The van der Waals surface area contributed by atoms with Gasteiger partial charge in [-0.25, -0.2) is 4.39 Å². The molecule has 34 heavy (non-hydrogen) atoms. The standard InChI is InChI=1S/C24H21FN4O4S/c1-32-21-12-5-17(13-22(21)33-2)14-23-26-27-24(28(23)19-10-6-18(25)7-11-19)34-15-16-3-8-20(9-4-16)29(30)31/h3-13H,14-15H2,1-2H3. The Kier molecular flexibility index (Phi) is 7.07. The van der Waals surface area contributed by atoms with Gasteiger partial charge in [0.1, 0.15) is 11.6 Å². The Morgan fingerprint density at radius 2 is 1.62 bits per heavy atom. The van der Waals surface area contributed by atoms with Gasteiger partial charge >= 0.3 is 0 Å². The van der Waals surface area contributed by atoms with Crippen LogP contribution in [0.25, 0.3) is 5.69 Å². The van der Waals surface area contributed by atoms with Crippen LogP contribution in [-0.2, 0) is 12.2 Å². The maximum atomic E-state index is 13.6. The largest absolute Gasteiger partial charge is 0.493 e. The predicted octanol–water partition coefficient (Wildman–Crippen LogP) is 5.21. The molecule has 0 saturated carbocycles. The zero-order chi connectivity index (χ0) is 24.1. The number of ether oxygens (including phenoxy) is 2. The van der Waals surface area contributed by atoms with Crippen molar-refractivity contribution in [2.45, 2.75) is 17.3 Å². The Morgan fingerprint density at radius 1 is 0.941 bits per heavy atom. The molecule has 4 rings (SSSR count). The van der Waals surface area contributed by atoms with E-state index in [4.69, 9.17) is 9.47 Å². The molecule has 0 fully saturated rings. The number of hydrogen-bond acceptors (Lipinski definition) is 7. The second kappa shape index (κ2) is 10.3. The highest BCUT2D eigenvalue weighted by molar-refractivity contribution is 7.98. The Morgan fingerprint density at radius 3 is 2.26 bits per heavy atom. The smallest absolute Gasteiger partial charge is 0.269 e. The third-order valence-corrected chi connectivity index (χ3v) is 6.11. The molecule has 174 valence electrons. The summed E-state index contributed by atoms with van der Waals surface area (Å²) in [5, 5.41) is 20.3. The first-order valence-electron chi connectivity index (χ1n) is 10.3. The van der Waals surface area contributed by atoms with E-state index >= 15 is 0 Å². The highest BCUT2D eigenvalue weighted by Gasteiger charge is 2.17. The first kappa shape index (κ1) is 23.2. The minimum absolute atomic E-state index is 0.0421. The Bertz CT molecular complexity index is 1290. The lowest BCUT2D eigenvalue weighted by atomic mass is 10.1. The zero-order valence-electron chi connectivity index (χ0n) is 18.5.